The van der Waals surface area contributed by atoms with Gasteiger partial charge in [0.05, 0.1) is 23.4 Å². The minimum atomic E-state index is -4.80. The molecule has 4 aromatic rings. The van der Waals surface area contributed by atoms with E-state index in [0.717, 1.165) is 23.4 Å². The van der Waals surface area contributed by atoms with Crippen LogP contribution >= 0.6 is 19.2 Å². The van der Waals surface area contributed by atoms with Crippen molar-refractivity contribution in [1.82, 2.24) is 19.4 Å². The van der Waals surface area contributed by atoms with Gasteiger partial charge < -0.3 is 14.5 Å². The molecule has 3 heterocycles. The summed E-state index contributed by atoms with van der Waals surface area (Å²) in [6.07, 6.45) is 1.01. The van der Waals surface area contributed by atoms with Crippen LogP contribution in [0.3, 0.4) is 0 Å². The van der Waals surface area contributed by atoms with Gasteiger partial charge in [0, 0.05) is 30.3 Å². The van der Waals surface area contributed by atoms with Crippen LogP contribution in [0.5, 0.6) is 5.75 Å². The second-order valence-electron chi connectivity index (χ2n) is 10.9. The minimum absolute atomic E-state index is 0.0157. The van der Waals surface area contributed by atoms with Crippen molar-refractivity contribution in [3.8, 4) is 27.6 Å². The fraction of sp³-hybridized carbons (Fsp3) is 0.367. The average molecular weight is 679 g/mol. The van der Waals surface area contributed by atoms with Gasteiger partial charge >= 0.3 is 7.82 Å². The largest absolute Gasteiger partial charge is 0.497 e. The molecule has 15 heteroatoms. The number of likely N-dealkylation sites (tertiary alicyclic amines) is 1. The molecule has 2 aromatic heterocycles. The van der Waals surface area contributed by atoms with E-state index in [4.69, 9.17) is 9.26 Å². The number of phosphoric ester groups is 1. The van der Waals surface area contributed by atoms with E-state index in [1.807, 2.05) is 24.4 Å². The lowest BCUT2D eigenvalue weighted by Crippen LogP contribution is -2.33. The van der Waals surface area contributed by atoms with Crippen LogP contribution in [0.2, 0.25) is 0 Å². The molecule has 0 amide bonds. The summed E-state index contributed by atoms with van der Waals surface area (Å²) in [6.45, 7) is 3.00. The van der Waals surface area contributed by atoms with E-state index in [9.17, 15) is 27.2 Å². The SMILES string of the molecule is COc1ccc(-c2c(CCNS(=O)(=O)CC3CCN(C(C)c4ccc(F)cc4)C3)c(-c3cccs3)nn2COP(=O)(O)O)cc1. The Balaban J connectivity index is 1.32. The molecular formula is C30H36FN4O7PS2. The molecule has 0 radical (unpaired) electrons. The zero-order valence-corrected chi connectivity index (χ0v) is 27.4. The predicted molar refractivity (Wildman–Crippen MR) is 171 cm³/mol. The summed E-state index contributed by atoms with van der Waals surface area (Å²) in [5.41, 5.74) is 3.51. The normalized spacial score (nSPS) is 16.7. The lowest BCUT2D eigenvalue weighted by molar-refractivity contribution is 0.147. The quantitative estimate of drug-likeness (QED) is 0.156. The highest BCUT2D eigenvalue weighted by Crippen LogP contribution is 2.39. The zero-order chi connectivity index (χ0) is 32.2. The van der Waals surface area contributed by atoms with Crippen molar-refractivity contribution >= 4 is 29.2 Å². The topological polar surface area (TPSA) is 143 Å². The number of benzene rings is 2. The Morgan fingerprint density at radius 3 is 2.53 bits per heavy atom. The number of hydrogen-bond donors (Lipinski definition) is 3. The molecule has 1 fully saturated rings. The standard InChI is InChI=1S/C30H36FN4O7PS2/c1-21(23-5-9-25(31)10-6-23)34-16-14-22(18-34)19-45(39,40)32-15-13-27-29(28-4-3-17-44-28)33-35(20-42-43(36,37)38)30(27)24-7-11-26(41-2)12-8-24/h3-12,17,21-22,32H,13-16,18-20H2,1-2H3,(H2,36,37,38). The molecule has 2 unspecified atom stereocenters. The van der Waals surface area contributed by atoms with E-state index in [1.54, 1.807) is 43.5 Å². The lowest BCUT2D eigenvalue weighted by Gasteiger charge is -2.24. The number of nitrogens with one attached hydrogen (secondary N) is 1. The van der Waals surface area contributed by atoms with Crippen LogP contribution in [0, 0.1) is 11.7 Å². The van der Waals surface area contributed by atoms with Crippen LogP contribution in [0.1, 0.15) is 30.5 Å². The van der Waals surface area contributed by atoms with Crippen molar-refractivity contribution in [2.24, 2.45) is 5.92 Å². The fourth-order valence-corrected chi connectivity index (χ4v) is 8.07. The summed E-state index contributed by atoms with van der Waals surface area (Å²) in [4.78, 5) is 21.8. The third-order valence-corrected chi connectivity index (χ3v) is 10.8. The van der Waals surface area contributed by atoms with Crippen molar-refractivity contribution in [2.75, 3.05) is 32.5 Å². The Hall–Kier alpha value is -2.94. The van der Waals surface area contributed by atoms with Gasteiger partial charge in [-0.05, 0) is 85.6 Å². The Kier molecular flexibility index (Phi) is 10.6. The number of ether oxygens (including phenoxy) is 1. The maximum absolute atomic E-state index is 13.4. The molecule has 1 saturated heterocycles. The molecule has 0 spiro atoms. The second-order valence-corrected chi connectivity index (χ2v) is 15.0. The van der Waals surface area contributed by atoms with Crippen LogP contribution in [0.15, 0.2) is 66.0 Å². The number of thiophene rings is 1. The Labute approximate surface area is 265 Å². The number of halogens is 1. The lowest BCUT2D eigenvalue weighted by atomic mass is 10.0. The van der Waals surface area contributed by atoms with E-state index in [0.29, 0.717) is 34.8 Å². The molecule has 1 aliphatic heterocycles. The first-order valence-corrected chi connectivity index (χ1v) is 18.4. The zero-order valence-electron chi connectivity index (χ0n) is 24.9. The predicted octanol–water partition coefficient (Wildman–Crippen LogP) is 5.04. The highest BCUT2D eigenvalue weighted by Gasteiger charge is 2.30. The molecule has 11 nitrogen and oxygen atoms in total. The maximum atomic E-state index is 13.4. The smallest absolute Gasteiger partial charge is 0.471 e. The van der Waals surface area contributed by atoms with Gasteiger partial charge in [-0.2, -0.15) is 5.10 Å². The van der Waals surface area contributed by atoms with Gasteiger partial charge in [-0.25, -0.2) is 26.8 Å². The van der Waals surface area contributed by atoms with Crippen LogP contribution < -0.4 is 9.46 Å². The van der Waals surface area contributed by atoms with Crippen molar-refractivity contribution in [1.29, 1.82) is 0 Å². The molecule has 2 aromatic carbocycles. The van der Waals surface area contributed by atoms with Crippen LogP contribution in [0.4, 0.5) is 4.39 Å². The first kappa shape index (κ1) is 33.4. The number of phosphoric acid groups is 1. The number of hydrogen-bond acceptors (Lipinski definition) is 8. The molecule has 45 heavy (non-hydrogen) atoms. The number of nitrogens with zero attached hydrogens (tertiary/aromatic N) is 3. The summed E-state index contributed by atoms with van der Waals surface area (Å²) >= 11 is 1.45. The van der Waals surface area contributed by atoms with Crippen molar-refractivity contribution in [3.63, 3.8) is 0 Å². The minimum Gasteiger partial charge on any atom is -0.497 e. The number of aromatic nitrogens is 2. The van der Waals surface area contributed by atoms with Gasteiger partial charge in [-0.3, -0.25) is 9.42 Å². The van der Waals surface area contributed by atoms with E-state index in [1.165, 1.54) is 28.2 Å². The Morgan fingerprint density at radius 2 is 1.89 bits per heavy atom. The molecular weight excluding hydrogens is 642 g/mol. The van der Waals surface area contributed by atoms with E-state index >= 15 is 0 Å². The van der Waals surface area contributed by atoms with Gasteiger partial charge in [0.1, 0.15) is 17.3 Å². The van der Waals surface area contributed by atoms with E-state index < -0.39 is 24.6 Å². The summed E-state index contributed by atoms with van der Waals surface area (Å²) in [5.74, 6) is 0.275. The molecule has 2 atom stereocenters. The highest BCUT2D eigenvalue weighted by molar-refractivity contribution is 7.89. The number of rotatable bonds is 14. The molecule has 0 aliphatic carbocycles. The second kappa shape index (κ2) is 14.2. The van der Waals surface area contributed by atoms with Gasteiger partial charge in [-0.1, -0.05) is 18.2 Å². The maximum Gasteiger partial charge on any atom is 0.471 e. The molecule has 3 N–H and O–H groups in total. The van der Waals surface area contributed by atoms with E-state index in [2.05, 4.69) is 14.7 Å². The fourth-order valence-electron chi connectivity index (χ4n) is 5.65. The third kappa shape index (κ3) is 8.66. The van der Waals surface area contributed by atoms with Crippen LogP contribution in [0.25, 0.3) is 21.8 Å². The van der Waals surface area contributed by atoms with Crippen molar-refractivity contribution < 1.29 is 36.4 Å². The molecule has 0 saturated carbocycles. The molecule has 5 rings (SSSR count). The highest BCUT2D eigenvalue weighted by atomic mass is 32.2. The van der Waals surface area contributed by atoms with Gasteiger partial charge in [0.2, 0.25) is 10.0 Å². The van der Waals surface area contributed by atoms with Gasteiger partial charge in [0.25, 0.3) is 0 Å². The monoisotopic (exact) mass is 678 g/mol. The first-order valence-electron chi connectivity index (χ1n) is 14.4. The van der Waals surface area contributed by atoms with Crippen molar-refractivity contribution in [2.45, 2.75) is 32.5 Å². The summed E-state index contributed by atoms with van der Waals surface area (Å²) in [5, 5.41) is 6.54. The van der Waals surface area contributed by atoms with Gasteiger partial charge in [0.15, 0.2) is 6.73 Å². The van der Waals surface area contributed by atoms with Crippen LogP contribution in [-0.2, 0) is 32.3 Å². The molecule has 1 aliphatic rings. The van der Waals surface area contributed by atoms with Crippen LogP contribution in [-0.4, -0.2) is 65.4 Å². The summed E-state index contributed by atoms with van der Waals surface area (Å²) in [6, 6.07) is 17.3. The number of methoxy groups -OCH3 is 1. The average Bonchev–Trinajstić information content (AvgIpc) is 3.76. The van der Waals surface area contributed by atoms with Crippen molar-refractivity contribution in [3.05, 3.63) is 83.0 Å². The molecule has 0 bridgehead atoms. The summed E-state index contributed by atoms with van der Waals surface area (Å²) < 4.78 is 65.6. The molecule has 242 valence electrons. The third-order valence-electron chi connectivity index (χ3n) is 7.89. The van der Waals surface area contributed by atoms with E-state index in [-0.39, 0.29) is 36.5 Å². The number of sulfonamides is 1. The first-order chi connectivity index (χ1) is 21.4. The Morgan fingerprint density at radius 1 is 1.16 bits per heavy atom. The summed E-state index contributed by atoms with van der Waals surface area (Å²) in [7, 11) is -6.87. The Bertz CT molecular complexity index is 1730. The van der Waals surface area contributed by atoms with Gasteiger partial charge in [-0.15, -0.1) is 11.3 Å².